The van der Waals surface area contributed by atoms with E-state index in [-0.39, 0.29) is 12.6 Å². The molecule has 0 aliphatic heterocycles. The molecular formula is C14H12Cl2N6O2S. The summed E-state index contributed by atoms with van der Waals surface area (Å²) in [6.07, 6.45) is 1.34. The van der Waals surface area contributed by atoms with Gasteiger partial charge in [-0.25, -0.2) is 9.97 Å². The predicted molar refractivity (Wildman–Crippen MR) is 93.6 cm³/mol. The van der Waals surface area contributed by atoms with Gasteiger partial charge in [0.15, 0.2) is 11.8 Å². The second-order valence-electron chi connectivity index (χ2n) is 4.82. The van der Waals surface area contributed by atoms with Crippen molar-refractivity contribution in [3.63, 3.8) is 0 Å². The second-order valence-corrected chi connectivity index (χ2v) is 6.58. The molecule has 0 saturated carbocycles. The number of ether oxygens (including phenoxy) is 1. The van der Waals surface area contributed by atoms with E-state index in [0.29, 0.717) is 38.4 Å². The molecule has 8 nitrogen and oxygen atoms in total. The van der Waals surface area contributed by atoms with E-state index in [1.54, 1.807) is 12.1 Å². The monoisotopic (exact) mass is 398 g/mol. The van der Waals surface area contributed by atoms with Gasteiger partial charge in [-0.1, -0.05) is 40.1 Å². The standard InChI is InChI=1S/C14H12Cl2N6O2S/c1-7-9(15)2-8(3-10(7)16)23-4-11-20-12(24-22-11)5-25-14-19-6-18-13(17)21-14/h2-3,6H,4-5H2,1H3,(H2,17,18,19,21). The second kappa shape index (κ2) is 7.85. The van der Waals surface area contributed by atoms with Crippen LogP contribution in [0.1, 0.15) is 17.3 Å². The molecule has 130 valence electrons. The number of benzene rings is 1. The maximum Gasteiger partial charge on any atom is 0.237 e. The number of nitrogens with zero attached hydrogens (tertiary/aromatic N) is 5. The third-order valence-electron chi connectivity index (χ3n) is 3.03. The van der Waals surface area contributed by atoms with Gasteiger partial charge in [0.05, 0.1) is 5.75 Å². The molecular weight excluding hydrogens is 387 g/mol. The molecule has 0 amide bonds. The average molecular weight is 399 g/mol. The highest BCUT2D eigenvalue weighted by Crippen LogP contribution is 2.29. The van der Waals surface area contributed by atoms with Crippen molar-refractivity contribution < 1.29 is 9.26 Å². The van der Waals surface area contributed by atoms with Crippen molar-refractivity contribution in [1.82, 2.24) is 25.1 Å². The van der Waals surface area contributed by atoms with E-state index >= 15 is 0 Å². The number of hydrogen-bond acceptors (Lipinski definition) is 9. The normalized spacial score (nSPS) is 10.8. The summed E-state index contributed by atoms with van der Waals surface area (Å²) >= 11 is 13.5. The zero-order valence-corrected chi connectivity index (χ0v) is 15.3. The Morgan fingerprint density at radius 1 is 1.20 bits per heavy atom. The lowest BCUT2D eigenvalue weighted by Crippen LogP contribution is -1.99. The Hall–Kier alpha value is -2.10. The molecule has 25 heavy (non-hydrogen) atoms. The molecule has 0 fully saturated rings. The summed E-state index contributed by atoms with van der Waals surface area (Å²) in [6, 6.07) is 3.37. The lowest BCUT2D eigenvalue weighted by Gasteiger charge is -2.07. The van der Waals surface area contributed by atoms with Gasteiger partial charge in [-0.05, 0) is 24.6 Å². The first-order valence-corrected chi connectivity index (χ1v) is 8.72. The van der Waals surface area contributed by atoms with Crippen LogP contribution in [0.25, 0.3) is 0 Å². The van der Waals surface area contributed by atoms with Crippen molar-refractivity contribution in [1.29, 1.82) is 0 Å². The third kappa shape index (κ3) is 4.71. The molecule has 0 aliphatic rings. The van der Waals surface area contributed by atoms with Crippen LogP contribution in [0.2, 0.25) is 10.0 Å². The third-order valence-corrected chi connectivity index (χ3v) is 4.66. The van der Waals surface area contributed by atoms with E-state index in [1.165, 1.54) is 18.1 Å². The minimum absolute atomic E-state index is 0.128. The van der Waals surface area contributed by atoms with Crippen molar-refractivity contribution in [2.45, 2.75) is 24.4 Å². The minimum atomic E-state index is 0.128. The predicted octanol–water partition coefficient (Wildman–Crippen LogP) is 3.32. The van der Waals surface area contributed by atoms with Gasteiger partial charge >= 0.3 is 0 Å². The quantitative estimate of drug-likeness (QED) is 0.624. The molecule has 3 rings (SSSR count). The molecule has 2 N–H and O–H groups in total. The van der Waals surface area contributed by atoms with Gasteiger partial charge in [0, 0.05) is 10.0 Å². The molecule has 2 heterocycles. The molecule has 3 aromatic rings. The van der Waals surface area contributed by atoms with Gasteiger partial charge in [0.25, 0.3) is 0 Å². The van der Waals surface area contributed by atoms with Crippen molar-refractivity contribution in [3.05, 3.63) is 45.8 Å². The van der Waals surface area contributed by atoms with Gasteiger partial charge in [0.2, 0.25) is 17.7 Å². The summed E-state index contributed by atoms with van der Waals surface area (Å²) in [4.78, 5) is 15.9. The van der Waals surface area contributed by atoms with Crippen LogP contribution in [-0.2, 0) is 12.4 Å². The number of nitrogens with two attached hydrogens (primary N) is 1. The first-order valence-electron chi connectivity index (χ1n) is 6.98. The Kier molecular flexibility index (Phi) is 5.57. The number of halogens is 2. The van der Waals surface area contributed by atoms with Crippen LogP contribution < -0.4 is 10.5 Å². The number of anilines is 1. The maximum absolute atomic E-state index is 6.07. The van der Waals surface area contributed by atoms with Crippen molar-refractivity contribution >= 4 is 40.9 Å². The number of hydrogen-bond donors (Lipinski definition) is 1. The molecule has 1 aromatic carbocycles. The minimum Gasteiger partial charge on any atom is -0.485 e. The van der Waals surface area contributed by atoms with Crippen LogP contribution in [0.3, 0.4) is 0 Å². The summed E-state index contributed by atoms with van der Waals surface area (Å²) in [5.74, 6) is 1.91. The zero-order chi connectivity index (χ0) is 17.8. The molecule has 0 bridgehead atoms. The fourth-order valence-electron chi connectivity index (χ4n) is 1.75. The molecule has 0 spiro atoms. The Balaban J connectivity index is 1.57. The number of aromatic nitrogens is 5. The van der Waals surface area contributed by atoms with Crippen LogP contribution in [-0.4, -0.2) is 25.1 Å². The summed E-state index contributed by atoms with van der Waals surface area (Å²) in [6.45, 7) is 1.96. The van der Waals surface area contributed by atoms with Crippen LogP contribution in [0, 0.1) is 6.92 Å². The molecule has 0 unspecified atom stereocenters. The molecule has 11 heteroatoms. The lowest BCUT2D eigenvalue weighted by molar-refractivity contribution is 0.285. The van der Waals surface area contributed by atoms with Crippen molar-refractivity contribution in [2.24, 2.45) is 0 Å². The Morgan fingerprint density at radius 2 is 1.96 bits per heavy atom. The van der Waals surface area contributed by atoms with E-state index in [4.69, 9.17) is 38.2 Å². The lowest BCUT2D eigenvalue weighted by atomic mass is 10.2. The number of nitrogen functional groups attached to an aromatic ring is 1. The smallest absolute Gasteiger partial charge is 0.237 e. The van der Waals surface area contributed by atoms with Gasteiger partial charge in [-0.3, -0.25) is 0 Å². The molecule has 0 atom stereocenters. The van der Waals surface area contributed by atoms with E-state index in [0.717, 1.165) is 5.56 Å². The Bertz CT molecular complexity index is 868. The summed E-state index contributed by atoms with van der Waals surface area (Å²) in [5.41, 5.74) is 6.29. The maximum atomic E-state index is 6.07. The first-order chi connectivity index (χ1) is 12.0. The van der Waals surface area contributed by atoms with E-state index < -0.39 is 0 Å². The number of thioether (sulfide) groups is 1. The fourth-order valence-corrected chi connectivity index (χ4v) is 2.87. The molecule has 0 aliphatic carbocycles. The van der Waals surface area contributed by atoms with Gasteiger partial charge in [0.1, 0.15) is 12.1 Å². The molecule has 0 saturated heterocycles. The van der Waals surface area contributed by atoms with Crippen molar-refractivity contribution in [2.75, 3.05) is 5.73 Å². The van der Waals surface area contributed by atoms with E-state index in [1.807, 2.05) is 6.92 Å². The van der Waals surface area contributed by atoms with E-state index in [2.05, 4.69) is 25.1 Å². The van der Waals surface area contributed by atoms with Crippen LogP contribution >= 0.6 is 35.0 Å². The summed E-state index contributed by atoms with van der Waals surface area (Å²) in [7, 11) is 0. The highest BCUT2D eigenvalue weighted by molar-refractivity contribution is 7.98. The van der Waals surface area contributed by atoms with Gasteiger partial charge in [-0.2, -0.15) is 9.97 Å². The largest absolute Gasteiger partial charge is 0.485 e. The highest BCUT2D eigenvalue weighted by atomic mass is 35.5. The van der Waals surface area contributed by atoms with Crippen molar-refractivity contribution in [3.8, 4) is 5.75 Å². The Morgan fingerprint density at radius 3 is 2.68 bits per heavy atom. The zero-order valence-electron chi connectivity index (χ0n) is 12.9. The van der Waals surface area contributed by atoms with Crippen LogP contribution in [0.4, 0.5) is 5.95 Å². The number of rotatable bonds is 6. The Labute approximate surface area is 157 Å². The summed E-state index contributed by atoms with van der Waals surface area (Å²) < 4.78 is 10.7. The molecule has 2 aromatic heterocycles. The average Bonchev–Trinajstić information content (AvgIpc) is 3.04. The first kappa shape index (κ1) is 17.7. The fraction of sp³-hybridized carbons (Fsp3) is 0.214. The van der Waals surface area contributed by atoms with Crippen LogP contribution in [0.5, 0.6) is 5.75 Å². The van der Waals surface area contributed by atoms with Gasteiger partial charge < -0.3 is 15.0 Å². The summed E-state index contributed by atoms with van der Waals surface area (Å²) in [5, 5.41) is 5.40. The molecule has 0 radical (unpaired) electrons. The van der Waals surface area contributed by atoms with E-state index in [9.17, 15) is 0 Å². The highest BCUT2D eigenvalue weighted by Gasteiger charge is 2.10. The SMILES string of the molecule is Cc1c(Cl)cc(OCc2noc(CSc3ncnc(N)n3)n2)cc1Cl. The topological polar surface area (TPSA) is 113 Å². The van der Waals surface area contributed by atoms with Gasteiger partial charge in [-0.15, -0.1) is 0 Å². The van der Waals surface area contributed by atoms with Crippen LogP contribution in [0.15, 0.2) is 28.1 Å².